The SMILES string of the molecule is COC(=O)NCCC[C@@](O)(c1cccc(Cl)c1)[C@@H]1CCCN(C(=O)N[C@@H](CC2CCCCC2)[C@H](O)CN)C1. The Morgan fingerprint density at radius 3 is 2.68 bits per heavy atom. The lowest BCUT2D eigenvalue weighted by Gasteiger charge is -2.43. The molecule has 1 aromatic rings. The van der Waals surface area contributed by atoms with Crippen molar-refractivity contribution in [1.29, 1.82) is 0 Å². The summed E-state index contributed by atoms with van der Waals surface area (Å²) >= 11 is 6.28. The maximum atomic E-state index is 13.4. The van der Waals surface area contributed by atoms with E-state index in [-0.39, 0.29) is 18.5 Å². The molecule has 0 unspecified atom stereocenters. The number of methoxy groups -OCH3 is 1. The van der Waals surface area contributed by atoms with Crippen molar-refractivity contribution in [2.24, 2.45) is 17.6 Å². The van der Waals surface area contributed by atoms with Crippen LogP contribution < -0.4 is 16.4 Å². The molecule has 0 aromatic heterocycles. The molecule has 2 fully saturated rings. The van der Waals surface area contributed by atoms with Gasteiger partial charge in [-0.2, -0.15) is 0 Å². The zero-order valence-electron chi connectivity index (χ0n) is 22.5. The number of carbonyl (C=O) groups excluding carboxylic acids is 2. The van der Waals surface area contributed by atoms with Crippen LogP contribution in [-0.4, -0.2) is 72.7 Å². The van der Waals surface area contributed by atoms with E-state index in [2.05, 4.69) is 15.4 Å². The summed E-state index contributed by atoms with van der Waals surface area (Å²) in [6, 6.07) is 6.58. The van der Waals surface area contributed by atoms with Gasteiger partial charge in [-0.3, -0.25) is 0 Å². The molecule has 4 atom stereocenters. The number of nitrogens with one attached hydrogen (secondary N) is 2. The Morgan fingerprint density at radius 2 is 2.00 bits per heavy atom. The van der Waals surface area contributed by atoms with Gasteiger partial charge in [0.1, 0.15) is 0 Å². The van der Waals surface area contributed by atoms with Gasteiger partial charge in [0.15, 0.2) is 0 Å². The highest BCUT2D eigenvalue weighted by molar-refractivity contribution is 6.30. The normalized spacial score (nSPS) is 21.7. The summed E-state index contributed by atoms with van der Waals surface area (Å²) in [5.41, 5.74) is 5.24. The van der Waals surface area contributed by atoms with Crippen molar-refractivity contribution >= 4 is 23.7 Å². The maximum Gasteiger partial charge on any atom is 0.406 e. The molecule has 9 nitrogen and oxygen atoms in total. The highest BCUT2D eigenvalue weighted by Gasteiger charge is 2.41. The van der Waals surface area contributed by atoms with Gasteiger partial charge in [0.05, 0.1) is 24.9 Å². The fourth-order valence-electron chi connectivity index (χ4n) is 6.02. The van der Waals surface area contributed by atoms with Crippen molar-refractivity contribution < 1.29 is 24.5 Å². The van der Waals surface area contributed by atoms with Crippen LogP contribution in [0.3, 0.4) is 0 Å². The Hall–Kier alpha value is -2.07. The second kappa shape index (κ2) is 14.9. The van der Waals surface area contributed by atoms with Crippen LogP contribution in [0.15, 0.2) is 24.3 Å². The van der Waals surface area contributed by atoms with E-state index in [0.29, 0.717) is 49.0 Å². The summed E-state index contributed by atoms with van der Waals surface area (Å²) in [4.78, 5) is 26.6. The number of hydrogen-bond acceptors (Lipinski definition) is 6. The van der Waals surface area contributed by atoms with E-state index in [1.807, 2.05) is 12.1 Å². The smallest absolute Gasteiger partial charge is 0.406 e. The van der Waals surface area contributed by atoms with Crippen LogP contribution in [0, 0.1) is 11.8 Å². The van der Waals surface area contributed by atoms with Crippen LogP contribution in [0.2, 0.25) is 5.02 Å². The number of carbonyl (C=O) groups is 2. The van der Waals surface area contributed by atoms with E-state index in [1.165, 1.54) is 26.4 Å². The molecule has 3 rings (SSSR count). The number of hydrogen-bond donors (Lipinski definition) is 5. The van der Waals surface area contributed by atoms with Gasteiger partial charge in [-0.25, -0.2) is 9.59 Å². The molecule has 3 amide bonds. The summed E-state index contributed by atoms with van der Waals surface area (Å²) in [7, 11) is 1.31. The van der Waals surface area contributed by atoms with E-state index < -0.39 is 23.8 Å². The average molecular weight is 553 g/mol. The lowest BCUT2D eigenvalue weighted by atomic mass is 9.74. The van der Waals surface area contributed by atoms with Crippen molar-refractivity contribution in [3.8, 4) is 0 Å². The summed E-state index contributed by atoms with van der Waals surface area (Å²) in [6.07, 6.45) is 7.66. The molecular formula is C28H45ClN4O5. The Bertz CT molecular complexity index is 900. The van der Waals surface area contributed by atoms with Crippen molar-refractivity contribution in [2.75, 3.05) is 33.3 Å². The van der Waals surface area contributed by atoms with Gasteiger partial charge in [-0.15, -0.1) is 0 Å². The number of halogens is 1. The molecule has 1 aromatic carbocycles. The first kappa shape index (κ1) is 30.5. The van der Waals surface area contributed by atoms with Crippen LogP contribution in [-0.2, 0) is 10.3 Å². The molecule has 10 heteroatoms. The first-order valence-electron chi connectivity index (χ1n) is 14.0. The van der Waals surface area contributed by atoms with Gasteiger partial charge in [0.25, 0.3) is 0 Å². The van der Waals surface area contributed by atoms with Gasteiger partial charge in [0, 0.05) is 37.1 Å². The van der Waals surface area contributed by atoms with E-state index in [1.54, 1.807) is 17.0 Å². The predicted molar refractivity (Wildman–Crippen MR) is 148 cm³/mol. The number of alkyl carbamates (subject to hydrolysis) is 1. The van der Waals surface area contributed by atoms with E-state index >= 15 is 0 Å². The molecule has 1 heterocycles. The third-order valence-electron chi connectivity index (χ3n) is 8.22. The van der Waals surface area contributed by atoms with E-state index in [4.69, 9.17) is 17.3 Å². The fraction of sp³-hybridized carbons (Fsp3) is 0.714. The molecule has 1 saturated heterocycles. The summed E-state index contributed by atoms with van der Waals surface area (Å²) in [5.74, 6) is 0.255. The largest absolute Gasteiger partial charge is 0.453 e. The molecule has 38 heavy (non-hydrogen) atoms. The topological polar surface area (TPSA) is 137 Å². The minimum Gasteiger partial charge on any atom is -0.453 e. The number of aliphatic hydroxyl groups is 2. The molecule has 1 aliphatic heterocycles. The summed E-state index contributed by atoms with van der Waals surface area (Å²) in [5, 5.41) is 28.9. The van der Waals surface area contributed by atoms with Crippen LogP contribution in [0.25, 0.3) is 0 Å². The predicted octanol–water partition coefficient (Wildman–Crippen LogP) is 3.74. The van der Waals surface area contributed by atoms with Crippen molar-refractivity contribution in [1.82, 2.24) is 15.5 Å². The number of likely N-dealkylation sites (tertiary alicyclic amines) is 1. The van der Waals surface area contributed by atoms with E-state index in [9.17, 15) is 19.8 Å². The van der Waals surface area contributed by atoms with Crippen LogP contribution in [0.1, 0.15) is 69.8 Å². The number of aliphatic hydroxyl groups excluding tert-OH is 1. The molecule has 6 N–H and O–H groups in total. The average Bonchev–Trinajstić information content (AvgIpc) is 2.94. The Balaban J connectivity index is 1.70. The molecule has 1 saturated carbocycles. The summed E-state index contributed by atoms with van der Waals surface area (Å²) < 4.78 is 4.64. The zero-order valence-corrected chi connectivity index (χ0v) is 23.3. The standard InChI is InChI=1S/C28H45ClN4O5/c1-38-27(36)31-14-7-13-28(37,21-10-5-12-23(29)17-21)22-11-6-15-33(19-22)26(35)32-24(25(34)18-30)16-20-8-3-2-4-9-20/h5,10,12,17,20,22,24-25,34,37H,2-4,6-9,11,13-16,18-19,30H2,1H3,(H,31,36)(H,32,35)/t22-,24+,25-,28-/m1/s1. The number of rotatable bonds is 11. The molecule has 0 radical (unpaired) electrons. The number of nitrogens with two attached hydrogens (primary N) is 1. The molecular weight excluding hydrogens is 508 g/mol. The maximum absolute atomic E-state index is 13.4. The van der Waals surface area contributed by atoms with Gasteiger partial charge >= 0.3 is 12.1 Å². The number of amides is 3. The van der Waals surface area contributed by atoms with E-state index in [0.717, 1.165) is 32.1 Å². The lowest BCUT2D eigenvalue weighted by molar-refractivity contribution is -0.0554. The Kier molecular flexibility index (Phi) is 12.0. The molecule has 1 aliphatic carbocycles. The molecule has 0 spiro atoms. The fourth-order valence-corrected chi connectivity index (χ4v) is 6.21. The molecule has 0 bridgehead atoms. The zero-order chi connectivity index (χ0) is 27.5. The second-order valence-electron chi connectivity index (χ2n) is 10.8. The van der Waals surface area contributed by atoms with Gasteiger partial charge < -0.3 is 36.2 Å². The summed E-state index contributed by atoms with van der Waals surface area (Å²) in [6.45, 7) is 1.39. The minimum absolute atomic E-state index is 0.0917. The number of urea groups is 1. The third kappa shape index (κ3) is 8.46. The Morgan fingerprint density at radius 1 is 1.24 bits per heavy atom. The highest BCUT2D eigenvalue weighted by Crippen LogP contribution is 2.40. The second-order valence-corrected chi connectivity index (χ2v) is 11.3. The van der Waals surface area contributed by atoms with Crippen LogP contribution in [0.4, 0.5) is 9.59 Å². The highest BCUT2D eigenvalue weighted by atomic mass is 35.5. The number of ether oxygens (including phenoxy) is 1. The quantitative estimate of drug-likeness (QED) is 0.265. The first-order chi connectivity index (χ1) is 18.3. The number of benzene rings is 1. The van der Waals surface area contributed by atoms with Gasteiger partial charge in [-0.05, 0) is 55.7 Å². The monoisotopic (exact) mass is 552 g/mol. The minimum atomic E-state index is -1.24. The van der Waals surface area contributed by atoms with Crippen LogP contribution in [0.5, 0.6) is 0 Å². The molecule has 2 aliphatic rings. The lowest BCUT2D eigenvalue weighted by Crippen LogP contribution is -2.55. The van der Waals surface area contributed by atoms with Gasteiger partial charge in [-0.1, -0.05) is 55.8 Å². The van der Waals surface area contributed by atoms with Gasteiger partial charge in [0.2, 0.25) is 0 Å². The number of nitrogens with zero attached hydrogens (tertiary/aromatic N) is 1. The first-order valence-corrected chi connectivity index (χ1v) is 14.4. The van der Waals surface area contributed by atoms with Crippen LogP contribution >= 0.6 is 11.6 Å². The van der Waals surface area contributed by atoms with Crippen molar-refractivity contribution in [3.63, 3.8) is 0 Å². The third-order valence-corrected chi connectivity index (χ3v) is 8.46. The molecule has 214 valence electrons. The van der Waals surface area contributed by atoms with Crippen molar-refractivity contribution in [2.45, 2.75) is 82.0 Å². The Labute approximate surface area is 231 Å². The number of piperidine rings is 1. The van der Waals surface area contributed by atoms with Crippen molar-refractivity contribution in [3.05, 3.63) is 34.9 Å².